The lowest BCUT2D eigenvalue weighted by molar-refractivity contribution is 0.278. The van der Waals surface area contributed by atoms with Crippen molar-refractivity contribution >= 4 is 7.32 Å². The largest absolute Gasteiger partial charge is 0.631 e. The van der Waals surface area contributed by atoms with E-state index in [1.807, 2.05) is 30.3 Å². The van der Waals surface area contributed by atoms with Crippen LogP contribution in [0, 0.1) is 0 Å². The molecule has 0 unspecified atom stereocenters. The van der Waals surface area contributed by atoms with E-state index < -0.39 is 7.32 Å². The molecular formula is C7H12BNO3. The molecule has 1 aromatic carbocycles. The smallest absolute Gasteiger partial charge is 0.402 e. The van der Waals surface area contributed by atoms with Crippen LogP contribution in [0.4, 0.5) is 0 Å². The second-order valence-corrected chi connectivity index (χ2v) is 2.04. The number of hydrogen-bond acceptors (Lipinski definition) is 4. The van der Waals surface area contributed by atoms with Gasteiger partial charge in [-0.1, -0.05) is 30.3 Å². The summed E-state index contributed by atoms with van der Waals surface area (Å²) in [5.41, 5.74) is 6.54. The summed E-state index contributed by atoms with van der Waals surface area (Å²) in [4.78, 5) is 0. The normalized spacial score (nSPS) is 8.33. The molecule has 0 amide bonds. The Morgan fingerprint density at radius 3 is 1.75 bits per heavy atom. The van der Waals surface area contributed by atoms with Crippen molar-refractivity contribution in [1.82, 2.24) is 0 Å². The maximum absolute atomic E-state index is 7.17. The molecule has 0 fully saturated rings. The topological polar surface area (TPSA) is 86.7 Å². The molecule has 1 aromatic rings. The Kier molecular flexibility index (Phi) is 6.31. The molecule has 0 spiro atoms. The fraction of sp³-hybridized carbons (Fsp3) is 0.143. The number of hydrogen-bond donors (Lipinski definition) is 4. The molecule has 0 aromatic heterocycles. The monoisotopic (exact) mass is 169 g/mol. The van der Waals surface area contributed by atoms with Gasteiger partial charge in [-0.2, -0.15) is 0 Å². The molecule has 0 heterocycles. The van der Waals surface area contributed by atoms with Gasteiger partial charge in [0.05, 0.1) is 0 Å². The molecule has 0 atom stereocenters. The Balaban J connectivity index is 0.000000261. The fourth-order valence-corrected chi connectivity index (χ4v) is 0.614. The highest BCUT2D eigenvalue weighted by atomic mass is 16.5. The molecule has 66 valence electrons. The van der Waals surface area contributed by atoms with E-state index in [1.165, 1.54) is 5.56 Å². The summed E-state index contributed by atoms with van der Waals surface area (Å²) < 4.78 is 0. The van der Waals surface area contributed by atoms with E-state index >= 15 is 0 Å². The molecule has 4 nitrogen and oxygen atoms in total. The first-order valence-corrected chi connectivity index (χ1v) is 3.45. The van der Waals surface area contributed by atoms with Crippen molar-refractivity contribution in [3.63, 3.8) is 0 Å². The van der Waals surface area contributed by atoms with Gasteiger partial charge in [-0.3, -0.25) is 0 Å². The van der Waals surface area contributed by atoms with E-state index in [4.69, 9.17) is 20.8 Å². The molecule has 1 rings (SSSR count). The van der Waals surface area contributed by atoms with Crippen molar-refractivity contribution in [3.05, 3.63) is 35.9 Å². The van der Waals surface area contributed by atoms with Gasteiger partial charge in [0, 0.05) is 6.54 Å². The van der Waals surface area contributed by atoms with E-state index in [2.05, 4.69) is 0 Å². The standard InChI is InChI=1S/C7H9N.BH3O3/c8-6-7-4-2-1-3-5-7;2-1(3)4/h1-5H,6,8H2;2-4H. The third kappa shape index (κ3) is 7.23. The van der Waals surface area contributed by atoms with Gasteiger partial charge >= 0.3 is 7.32 Å². The van der Waals surface area contributed by atoms with Crippen LogP contribution in [0.25, 0.3) is 0 Å². The number of benzene rings is 1. The van der Waals surface area contributed by atoms with Crippen molar-refractivity contribution in [3.8, 4) is 0 Å². The Morgan fingerprint density at radius 2 is 1.50 bits per heavy atom. The molecule has 0 aliphatic carbocycles. The van der Waals surface area contributed by atoms with Crippen LogP contribution in [-0.2, 0) is 6.54 Å². The zero-order chi connectivity index (χ0) is 9.40. The van der Waals surface area contributed by atoms with E-state index in [0.717, 1.165) is 0 Å². The van der Waals surface area contributed by atoms with Crippen LogP contribution in [0.3, 0.4) is 0 Å². The van der Waals surface area contributed by atoms with E-state index in [0.29, 0.717) is 6.54 Å². The Bertz CT molecular complexity index is 190. The van der Waals surface area contributed by atoms with E-state index in [1.54, 1.807) is 0 Å². The summed E-state index contributed by atoms with van der Waals surface area (Å²) in [6.45, 7) is 0.640. The van der Waals surface area contributed by atoms with Gasteiger partial charge in [0.1, 0.15) is 0 Å². The quantitative estimate of drug-likeness (QED) is 0.410. The average Bonchev–Trinajstić information content (AvgIpc) is 2.05. The zero-order valence-corrected chi connectivity index (χ0v) is 6.59. The van der Waals surface area contributed by atoms with Crippen LogP contribution in [-0.4, -0.2) is 22.4 Å². The van der Waals surface area contributed by atoms with Crippen LogP contribution < -0.4 is 5.73 Å². The lowest BCUT2D eigenvalue weighted by Gasteiger charge is -1.90. The molecule has 0 aliphatic rings. The second kappa shape index (κ2) is 6.81. The third-order valence-corrected chi connectivity index (χ3v) is 1.08. The molecular weight excluding hydrogens is 157 g/mol. The lowest BCUT2D eigenvalue weighted by Crippen LogP contribution is -2.07. The van der Waals surface area contributed by atoms with E-state index in [9.17, 15) is 0 Å². The highest BCUT2D eigenvalue weighted by Gasteiger charge is 1.92. The first kappa shape index (κ1) is 11.1. The maximum atomic E-state index is 7.17. The molecule has 0 bridgehead atoms. The highest BCUT2D eigenvalue weighted by molar-refractivity contribution is 6.30. The first-order chi connectivity index (χ1) is 5.66. The predicted octanol–water partition coefficient (Wildman–Crippen LogP) is -0.906. The van der Waals surface area contributed by atoms with Crippen LogP contribution in [0.2, 0.25) is 0 Å². The minimum Gasteiger partial charge on any atom is -0.402 e. The van der Waals surface area contributed by atoms with Crippen LogP contribution in [0.15, 0.2) is 30.3 Å². The first-order valence-electron chi connectivity index (χ1n) is 3.45. The summed E-state index contributed by atoms with van der Waals surface area (Å²) >= 11 is 0. The zero-order valence-electron chi connectivity index (χ0n) is 6.59. The van der Waals surface area contributed by atoms with Crippen molar-refractivity contribution in [2.24, 2.45) is 5.73 Å². The van der Waals surface area contributed by atoms with Gasteiger partial charge in [-0.25, -0.2) is 0 Å². The SMILES string of the molecule is NCc1ccccc1.OB(O)O. The Morgan fingerprint density at radius 1 is 1.08 bits per heavy atom. The summed E-state index contributed by atoms with van der Waals surface area (Å²) in [5.74, 6) is 0. The predicted molar refractivity (Wildman–Crippen MR) is 46.7 cm³/mol. The number of rotatable bonds is 1. The molecule has 5 N–H and O–H groups in total. The average molecular weight is 169 g/mol. The summed E-state index contributed by atoms with van der Waals surface area (Å²) in [7, 11) is -2.17. The van der Waals surface area contributed by atoms with Gasteiger partial charge in [-0.05, 0) is 5.56 Å². The number of nitrogens with two attached hydrogens (primary N) is 1. The lowest BCUT2D eigenvalue weighted by atomic mass is 10.2. The van der Waals surface area contributed by atoms with Crippen LogP contribution in [0.1, 0.15) is 5.56 Å². The van der Waals surface area contributed by atoms with Crippen LogP contribution >= 0.6 is 0 Å². The van der Waals surface area contributed by atoms with Gasteiger partial charge in [0.2, 0.25) is 0 Å². The van der Waals surface area contributed by atoms with Crippen molar-refractivity contribution in [2.45, 2.75) is 6.54 Å². The van der Waals surface area contributed by atoms with Gasteiger partial charge in [-0.15, -0.1) is 0 Å². The highest BCUT2D eigenvalue weighted by Crippen LogP contribution is 1.94. The summed E-state index contributed by atoms with van der Waals surface area (Å²) in [6, 6.07) is 9.99. The van der Waals surface area contributed by atoms with Gasteiger partial charge in [0.15, 0.2) is 0 Å². The van der Waals surface area contributed by atoms with Crippen molar-refractivity contribution in [1.29, 1.82) is 0 Å². The Labute approximate surface area is 71.5 Å². The molecule has 5 heteroatoms. The summed E-state index contributed by atoms with van der Waals surface area (Å²) in [5, 5.41) is 21.5. The van der Waals surface area contributed by atoms with Crippen LogP contribution in [0.5, 0.6) is 0 Å². The molecule has 0 aliphatic heterocycles. The Hall–Kier alpha value is -0.875. The molecule has 0 saturated carbocycles. The minimum atomic E-state index is -2.17. The fourth-order valence-electron chi connectivity index (χ4n) is 0.614. The second-order valence-electron chi connectivity index (χ2n) is 2.04. The third-order valence-electron chi connectivity index (χ3n) is 1.08. The van der Waals surface area contributed by atoms with Crippen molar-refractivity contribution in [2.75, 3.05) is 0 Å². The maximum Gasteiger partial charge on any atom is 0.631 e. The van der Waals surface area contributed by atoms with Gasteiger partial charge < -0.3 is 20.8 Å². The molecule has 0 saturated heterocycles. The van der Waals surface area contributed by atoms with Crippen molar-refractivity contribution < 1.29 is 15.1 Å². The van der Waals surface area contributed by atoms with E-state index in [-0.39, 0.29) is 0 Å². The summed E-state index contributed by atoms with van der Waals surface area (Å²) in [6.07, 6.45) is 0. The molecule has 12 heavy (non-hydrogen) atoms. The van der Waals surface area contributed by atoms with Gasteiger partial charge in [0.25, 0.3) is 0 Å². The minimum absolute atomic E-state index is 0.640. The molecule has 0 radical (unpaired) electrons.